The van der Waals surface area contributed by atoms with Gasteiger partial charge in [-0.2, -0.15) is 0 Å². The van der Waals surface area contributed by atoms with Crippen molar-refractivity contribution >= 4 is 11.9 Å². The average molecular weight is 277 g/mol. The predicted octanol–water partition coefficient (Wildman–Crippen LogP) is 1.43. The Bertz CT molecular complexity index is 574. The second-order valence-corrected chi connectivity index (χ2v) is 5.62. The molecule has 0 heterocycles. The SMILES string of the molecule is O=C(O)C(CF)NC(=O)C1CC12CCc1ccccc12. The Morgan fingerprint density at radius 3 is 2.90 bits per heavy atom. The molecule has 5 heteroatoms. The molecule has 1 amide bonds. The molecule has 2 aliphatic carbocycles. The summed E-state index contributed by atoms with van der Waals surface area (Å²) >= 11 is 0. The zero-order valence-electron chi connectivity index (χ0n) is 10.9. The number of hydrogen-bond acceptors (Lipinski definition) is 2. The summed E-state index contributed by atoms with van der Waals surface area (Å²) in [7, 11) is 0. The van der Waals surface area contributed by atoms with Crippen LogP contribution in [0, 0.1) is 5.92 Å². The molecule has 0 aromatic heterocycles. The van der Waals surface area contributed by atoms with Gasteiger partial charge in [-0.25, -0.2) is 9.18 Å². The number of nitrogens with one attached hydrogen (secondary N) is 1. The molecule has 20 heavy (non-hydrogen) atoms. The Morgan fingerprint density at radius 1 is 1.45 bits per heavy atom. The number of carbonyl (C=O) groups is 2. The first-order chi connectivity index (χ1) is 9.58. The number of alkyl halides is 1. The van der Waals surface area contributed by atoms with Gasteiger partial charge in [0.2, 0.25) is 5.91 Å². The highest BCUT2D eigenvalue weighted by molar-refractivity contribution is 5.89. The van der Waals surface area contributed by atoms with Crippen LogP contribution in [0.1, 0.15) is 24.0 Å². The highest BCUT2D eigenvalue weighted by Crippen LogP contribution is 2.61. The van der Waals surface area contributed by atoms with Crippen LogP contribution in [0.5, 0.6) is 0 Å². The van der Waals surface area contributed by atoms with Gasteiger partial charge in [-0.3, -0.25) is 4.79 Å². The summed E-state index contributed by atoms with van der Waals surface area (Å²) in [5.41, 5.74) is 2.33. The summed E-state index contributed by atoms with van der Waals surface area (Å²) in [6.45, 7) is -1.09. The Morgan fingerprint density at radius 2 is 2.20 bits per heavy atom. The average Bonchev–Trinajstić information content (AvgIpc) is 3.06. The molecule has 2 aliphatic rings. The highest BCUT2D eigenvalue weighted by Gasteiger charge is 2.61. The highest BCUT2D eigenvalue weighted by atomic mass is 19.1. The van der Waals surface area contributed by atoms with E-state index in [0.717, 1.165) is 19.3 Å². The van der Waals surface area contributed by atoms with Crippen LogP contribution in [0.2, 0.25) is 0 Å². The number of amides is 1. The molecule has 1 aromatic carbocycles. The molecule has 0 bridgehead atoms. The summed E-state index contributed by atoms with van der Waals surface area (Å²) in [5, 5.41) is 11.1. The standard InChI is InChI=1S/C15H16FNO3/c16-8-12(14(19)20)17-13(18)11-7-15(11)6-5-9-3-1-2-4-10(9)15/h1-4,11-12H,5-8H2,(H,17,18)(H,19,20). The van der Waals surface area contributed by atoms with Gasteiger partial charge in [0.05, 0.1) is 0 Å². The Balaban J connectivity index is 1.73. The zero-order valence-corrected chi connectivity index (χ0v) is 10.9. The van der Waals surface area contributed by atoms with E-state index in [1.807, 2.05) is 18.2 Å². The molecule has 0 saturated heterocycles. The van der Waals surface area contributed by atoms with Gasteiger partial charge < -0.3 is 10.4 Å². The number of carboxylic acids is 1. The molecule has 3 atom stereocenters. The molecule has 3 rings (SSSR count). The van der Waals surface area contributed by atoms with Crippen molar-refractivity contribution in [2.75, 3.05) is 6.67 Å². The summed E-state index contributed by atoms with van der Waals surface area (Å²) < 4.78 is 12.6. The van der Waals surface area contributed by atoms with E-state index < -0.39 is 18.7 Å². The van der Waals surface area contributed by atoms with Crippen molar-refractivity contribution in [3.8, 4) is 0 Å². The number of carbonyl (C=O) groups excluding carboxylic acids is 1. The number of hydrogen-bond donors (Lipinski definition) is 2. The number of benzene rings is 1. The van der Waals surface area contributed by atoms with Crippen LogP contribution in [0.3, 0.4) is 0 Å². The minimum Gasteiger partial charge on any atom is -0.480 e. The van der Waals surface area contributed by atoms with E-state index in [4.69, 9.17) is 5.11 Å². The van der Waals surface area contributed by atoms with Gasteiger partial charge in [-0.1, -0.05) is 24.3 Å². The van der Waals surface area contributed by atoms with Gasteiger partial charge in [0.25, 0.3) is 0 Å². The van der Waals surface area contributed by atoms with Crippen LogP contribution in [0.4, 0.5) is 4.39 Å². The quantitative estimate of drug-likeness (QED) is 0.875. The van der Waals surface area contributed by atoms with Gasteiger partial charge in [0.1, 0.15) is 6.67 Å². The van der Waals surface area contributed by atoms with E-state index in [2.05, 4.69) is 11.4 Å². The fraction of sp³-hybridized carbons (Fsp3) is 0.467. The van der Waals surface area contributed by atoms with Gasteiger partial charge in [-0.05, 0) is 30.4 Å². The number of halogens is 1. The maximum atomic E-state index is 12.6. The summed E-state index contributed by atoms with van der Waals surface area (Å²) in [4.78, 5) is 22.9. The fourth-order valence-corrected chi connectivity index (χ4v) is 3.38. The van der Waals surface area contributed by atoms with Gasteiger partial charge in [0.15, 0.2) is 6.04 Å². The number of aryl methyl sites for hydroxylation is 1. The topological polar surface area (TPSA) is 66.4 Å². The molecular weight excluding hydrogens is 261 g/mol. The first kappa shape index (κ1) is 13.1. The third-order valence-electron chi connectivity index (χ3n) is 4.55. The van der Waals surface area contributed by atoms with E-state index in [0.29, 0.717) is 0 Å². The predicted molar refractivity (Wildman–Crippen MR) is 70.1 cm³/mol. The zero-order chi connectivity index (χ0) is 14.3. The lowest BCUT2D eigenvalue weighted by atomic mass is 9.95. The van der Waals surface area contributed by atoms with E-state index >= 15 is 0 Å². The second kappa shape index (κ2) is 4.58. The Kier molecular flexibility index (Phi) is 3.00. The van der Waals surface area contributed by atoms with Gasteiger partial charge in [0, 0.05) is 11.3 Å². The molecule has 4 nitrogen and oxygen atoms in total. The van der Waals surface area contributed by atoms with Crippen molar-refractivity contribution in [2.45, 2.75) is 30.7 Å². The monoisotopic (exact) mass is 277 g/mol. The van der Waals surface area contributed by atoms with Gasteiger partial charge >= 0.3 is 5.97 Å². The normalized spacial score (nSPS) is 27.9. The smallest absolute Gasteiger partial charge is 0.328 e. The molecule has 1 aromatic rings. The lowest BCUT2D eigenvalue weighted by Gasteiger charge is -2.14. The van der Waals surface area contributed by atoms with E-state index in [9.17, 15) is 14.0 Å². The van der Waals surface area contributed by atoms with E-state index in [1.165, 1.54) is 11.1 Å². The van der Waals surface area contributed by atoms with Crippen LogP contribution in [-0.4, -0.2) is 29.7 Å². The number of carboxylic acid groups (broad SMARTS) is 1. The molecule has 0 radical (unpaired) electrons. The first-order valence-corrected chi connectivity index (χ1v) is 6.76. The van der Waals surface area contributed by atoms with E-state index in [-0.39, 0.29) is 17.2 Å². The maximum Gasteiger partial charge on any atom is 0.328 e. The van der Waals surface area contributed by atoms with Crippen LogP contribution < -0.4 is 5.32 Å². The molecule has 1 spiro atoms. The molecule has 3 unspecified atom stereocenters. The molecule has 106 valence electrons. The van der Waals surface area contributed by atoms with Crippen LogP contribution in [0.25, 0.3) is 0 Å². The van der Waals surface area contributed by atoms with E-state index in [1.54, 1.807) is 0 Å². The number of fused-ring (bicyclic) bond motifs is 2. The lowest BCUT2D eigenvalue weighted by Crippen LogP contribution is -2.43. The van der Waals surface area contributed by atoms with Crippen LogP contribution in [-0.2, 0) is 21.4 Å². The minimum atomic E-state index is -1.43. The largest absolute Gasteiger partial charge is 0.480 e. The minimum absolute atomic E-state index is 0.139. The molecule has 2 N–H and O–H groups in total. The Labute approximate surface area is 116 Å². The number of rotatable bonds is 4. The Hall–Kier alpha value is -1.91. The fourth-order valence-electron chi connectivity index (χ4n) is 3.38. The van der Waals surface area contributed by atoms with Crippen molar-refractivity contribution in [1.29, 1.82) is 0 Å². The van der Waals surface area contributed by atoms with Gasteiger partial charge in [-0.15, -0.1) is 0 Å². The summed E-state index contributed by atoms with van der Waals surface area (Å²) in [6.07, 6.45) is 2.59. The third-order valence-corrected chi connectivity index (χ3v) is 4.55. The maximum absolute atomic E-state index is 12.6. The molecule has 1 saturated carbocycles. The summed E-state index contributed by atoms with van der Waals surface area (Å²) in [5.74, 6) is -1.89. The van der Waals surface area contributed by atoms with Crippen molar-refractivity contribution in [3.05, 3.63) is 35.4 Å². The first-order valence-electron chi connectivity index (χ1n) is 6.76. The summed E-state index contributed by atoms with van der Waals surface area (Å²) in [6, 6.07) is 6.62. The second-order valence-electron chi connectivity index (χ2n) is 5.62. The van der Waals surface area contributed by atoms with Crippen molar-refractivity contribution in [2.24, 2.45) is 5.92 Å². The van der Waals surface area contributed by atoms with Crippen molar-refractivity contribution in [1.82, 2.24) is 5.32 Å². The van der Waals surface area contributed by atoms with Crippen LogP contribution in [0.15, 0.2) is 24.3 Å². The van der Waals surface area contributed by atoms with Crippen molar-refractivity contribution in [3.63, 3.8) is 0 Å². The lowest BCUT2D eigenvalue weighted by molar-refractivity contribution is -0.142. The molecule has 1 fully saturated rings. The van der Waals surface area contributed by atoms with Crippen molar-refractivity contribution < 1.29 is 19.1 Å². The van der Waals surface area contributed by atoms with Crippen LogP contribution >= 0.6 is 0 Å². The third kappa shape index (κ3) is 1.88. The number of aliphatic carboxylic acids is 1. The molecule has 0 aliphatic heterocycles. The molecular formula is C15H16FNO3.